The van der Waals surface area contributed by atoms with Crippen molar-refractivity contribution in [2.75, 3.05) is 26.2 Å². The number of pyridine rings is 1. The maximum absolute atomic E-state index is 14.7. The molecule has 1 fully saturated rings. The molecule has 1 N–H and O–H groups in total. The third kappa shape index (κ3) is 4.35. The number of Topliss-reactive ketones (excluding diaryl/α,β-unsaturated/α-hetero) is 1. The Labute approximate surface area is 206 Å². The summed E-state index contributed by atoms with van der Waals surface area (Å²) in [5.74, 6) is -0.995. The van der Waals surface area contributed by atoms with Crippen LogP contribution in [0.3, 0.4) is 0 Å². The van der Waals surface area contributed by atoms with Crippen LogP contribution in [0.5, 0.6) is 0 Å². The normalized spacial score (nSPS) is 14.6. The summed E-state index contributed by atoms with van der Waals surface area (Å²) < 4.78 is 16.1. The summed E-state index contributed by atoms with van der Waals surface area (Å²) in [5, 5.41) is 7.62. The number of amides is 1. The molecule has 0 saturated carbocycles. The van der Waals surface area contributed by atoms with Gasteiger partial charge in [0, 0.05) is 44.0 Å². The van der Waals surface area contributed by atoms with Crippen molar-refractivity contribution in [3.05, 3.63) is 72.1 Å². The van der Waals surface area contributed by atoms with Crippen LogP contribution in [-0.4, -0.2) is 84.5 Å². The minimum Gasteiger partial charge on any atom is -0.357 e. The van der Waals surface area contributed by atoms with E-state index in [1.165, 1.54) is 22.0 Å². The third-order valence-electron chi connectivity index (χ3n) is 6.00. The molecule has 0 spiro atoms. The van der Waals surface area contributed by atoms with Crippen molar-refractivity contribution < 1.29 is 14.0 Å². The fraction of sp³-hybridized carbons (Fsp3) is 0.280. The van der Waals surface area contributed by atoms with Crippen molar-refractivity contribution in [3.63, 3.8) is 0 Å². The number of rotatable bonds is 5. The second-order valence-corrected chi connectivity index (χ2v) is 8.75. The number of nitrogens with zero attached hydrogens (tertiary/aromatic N) is 7. The number of carbonyl (C=O) groups is 2. The van der Waals surface area contributed by atoms with Crippen LogP contribution >= 0.6 is 0 Å². The Morgan fingerprint density at radius 3 is 2.47 bits per heavy atom. The van der Waals surface area contributed by atoms with Gasteiger partial charge in [-0.05, 0) is 13.8 Å². The molecule has 4 aromatic rings. The first-order valence-electron chi connectivity index (χ1n) is 11.7. The SMILES string of the molecule is CC(C)N=C(c1ccccc1)N1CCN(C(=O)C(=O)c2c[nH]c3c(-n4ccnn4)ncc(F)c23)CC1. The van der Waals surface area contributed by atoms with Gasteiger partial charge in [-0.2, -0.15) is 0 Å². The van der Waals surface area contributed by atoms with Crippen molar-refractivity contribution in [2.24, 2.45) is 4.99 Å². The van der Waals surface area contributed by atoms with Crippen LogP contribution in [0.1, 0.15) is 29.8 Å². The number of carbonyl (C=O) groups excluding carboxylic acids is 2. The number of benzene rings is 1. The van der Waals surface area contributed by atoms with E-state index in [1.54, 1.807) is 6.20 Å². The van der Waals surface area contributed by atoms with Gasteiger partial charge >= 0.3 is 0 Å². The number of halogens is 1. The van der Waals surface area contributed by atoms with E-state index >= 15 is 0 Å². The Hall–Kier alpha value is -4.41. The topological polar surface area (TPSA) is 112 Å². The number of fused-ring (bicyclic) bond motifs is 1. The van der Waals surface area contributed by atoms with E-state index in [4.69, 9.17) is 4.99 Å². The smallest absolute Gasteiger partial charge is 0.295 e. The molecule has 11 heteroatoms. The molecule has 0 aliphatic carbocycles. The molecule has 0 atom stereocenters. The second-order valence-electron chi connectivity index (χ2n) is 8.75. The fourth-order valence-electron chi connectivity index (χ4n) is 4.32. The predicted octanol–water partition coefficient (Wildman–Crippen LogP) is 2.46. The second kappa shape index (κ2) is 9.68. The summed E-state index contributed by atoms with van der Waals surface area (Å²) in [4.78, 5) is 41.7. The highest BCUT2D eigenvalue weighted by molar-refractivity contribution is 6.45. The van der Waals surface area contributed by atoms with Crippen molar-refractivity contribution in [3.8, 4) is 5.82 Å². The Morgan fingerprint density at radius 1 is 1.08 bits per heavy atom. The van der Waals surface area contributed by atoms with Crippen LogP contribution in [0.15, 0.2) is 60.1 Å². The van der Waals surface area contributed by atoms with Crippen LogP contribution in [0.2, 0.25) is 0 Å². The van der Waals surface area contributed by atoms with Gasteiger partial charge in [0.15, 0.2) is 11.6 Å². The van der Waals surface area contributed by atoms with Gasteiger partial charge in [-0.15, -0.1) is 5.10 Å². The molecule has 4 heterocycles. The van der Waals surface area contributed by atoms with Crippen LogP contribution in [0.25, 0.3) is 16.7 Å². The van der Waals surface area contributed by atoms with Gasteiger partial charge in [0.2, 0.25) is 0 Å². The van der Waals surface area contributed by atoms with E-state index in [0.717, 1.165) is 17.6 Å². The maximum atomic E-state index is 14.7. The van der Waals surface area contributed by atoms with E-state index in [1.807, 2.05) is 44.2 Å². The highest BCUT2D eigenvalue weighted by atomic mass is 19.1. The van der Waals surface area contributed by atoms with E-state index in [9.17, 15) is 14.0 Å². The number of aromatic nitrogens is 5. The molecule has 1 aromatic carbocycles. The van der Waals surface area contributed by atoms with Crippen LogP contribution in [-0.2, 0) is 4.79 Å². The number of aliphatic imine (C=N–C) groups is 1. The quantitative estimate of drug-likeness (QED) is 0.200. The summed E-state index contributed by atoms with van der Waals surface area (Å²) in [6, 6.07) is 10.0. The van der Waals surface area contributed by atoms with Crippen LogP contribution < -0.4 is 0 Å². The Kier molecular flexibility index (Phi) is 6.28. The average molecular weight is 489 g/mol. The van der Waals surface area contributed by atoms with E-state index in [-0.39, 0.29) is 28.3 Å². The molecule has 0 unspecified atom stereocenters. The van der Waals surface area contributed by atoms with Gasteiger partial charge in [0.1, 0.15) is 5.84 Å². The molecule has 184 valence electrons. The highest BCUT2D eigenvalue weighted by Crippen LogP contribution is 2.26. The summed E-state index contributed by atoms with van der Waals surface area (Å²) in [7, 11) is 0. The summed E-state index contributed by atoms with van der Waals surface area (Å²) in [6.07, 6.45) is 5.37. The largest absolute Gasteiger partial charge is 0.357 e. The summed E-state index contributed by atoms with van der Waals surface area (Å²) >= 11 is 0. The zero-order valence-electron chi connectivity index (χ0n) is 19.9. The van der Waals surface area contributed by atoms with Gasteiger partial charge in [0.05, 0.1) is 35.1 Å². The van der Waals surface area contributed by atoms with E-state index in [2.05, 4.69) is 25.2 Å². The lowest BCUT2D eigenvalue weighted by atomic mass is 10.1. The lowest BCUT2D eigenvalue weighted by molar-refractivity contribution is -0.127. The number of ketones is 1. The minimum atomic E-state index is -0.775. The first-order valence-corrected chi connectivity index (χ1v) is 11.7. The van der Waals surface area contributed by atoms with E-state index in [0.29, 0.717) is 26.2 Å². The van der Waals surface area contributed by atoms with Crippen molar-refractivity contribution in [1.82, 2.24) is 34.8 Å². The van der Waals surface area contributed by atoms with Gasteiger partial charge in [-0.1, -0.05) is 35.5 Å². The molecule has 10 nitrogen and oxygen atoms in total. The molecular weight excluding hydrogens is 463 g/mol. The number of H-pyrrole nitrogens is 1. The summed E-state index contributed by atoms with van der Waals surface area (Å²) in [6.45, 7) is 5.80. The van der Waals surface area contributed by atoms with Gasteiger partial charge in [-0.3, -0.25) is 14.6 Å². The lowest BCUT2D eigenvalue weighted by Gasteiger charge is -2.36. The maximum Gasteiger partial charge on any atom is 0.295 e. The molecule has 0 bridgehead atoms. The van der Waals surface area contributed by atoms with Crippen LogP contribution in [0, 0.1) is 5.82 Å². The van der Waals surface area contributed by atoms with Crippen molar-refractivity contribution in [2.45, 2.75) is 19.9 Å². The number of aromatic amines is 1. The minimum absolute atomic E-state index is 0.00270. The third-order valence-corrected chi connectivity index (χ3v) is 6.00. The molecule has 3 aromatic heterocycles. The van der Waals surface area contributed by atoms with Gasteiger partial charge < -0.3 is 14.8 Å². The monoisotopic (exact) mass is 488 g/mol. The molecule has 36 heavy (non-hydrogen) atoms. The first kappa shape index (κ1) is 23.3. The first-order chi connectivity index (χ1) is 17.4. The zero-order chi connectivity index (χ0) is 25.2. The van der Waals surface area contributed by atoms with Crippen molar-refractivity contribution >= 4 is 28.4 Å². The molecule has 1 aliphatic heterocycles. The Morgan fingerprint density at radius 2 is 1.81 bits per heavy atom. The number of piperazine rings is 1. The predicted molar refractivity (Wildman–Crippen MR) is 132 cm³/mol. The molecule has 0 radical (unpaired) electrons. The van der Waals surface area contributed by atoms with E-state index < -0.39 is 17.5 Å². The molecule has 5 rings (SSSR count). The standard InChI is InChI=1S/C25H25FN8O2/c1-16(2)30-23(17-6-4-3-5-7-17)32-10-12-33(13-11-32)25(36)22(35)18-14-27-21-20(18)19(26)15-28-24(21)34-9-8-29-31-34/h3-9,14-16,27H,10-13H2,1-2H3. The molecule has 1 aliphatic rings. The average Bonchev–Trinajstić information content (AvgIpc) is 3.59. The summed E-state index contributed by atoms with van der Waals surface area (Å²) in [5.41, 5.74) is 1.23. The number of amidine groups is 1. The number of nitrogens with one attached hydrogen (secondary N) is 1. The molecule has 1 saturated heterocycles. The Bertz CT molecular complexity index is 1420. The molecular formula is C25H25FN8O2. The highest BCUT2D eigenvalue weighted by Gasteiger charge is 2.31. The Balaban J connectivity index is 1.35. The van der Waals surface area contributed by atoms with Gasteiger partial charge in [-0.25, -0.2) is 14.1 Å². The lowest BCUT2D eigenvalue weighted by Crippen LogP contribution is -2.52. The van der Waals surface area contributed by atoms with Crippen molar-refractivity contribution in [1.29, 1.82) is 0 Å². The zero-order valence-corrected chi connectivity index (χ0v) is 19.9. The fourth-order valence-corrected chi connectivity index (χ4v) is 4.32. The van der Waals surface area contributed by atoms with Crippen LogP contribution in [0.4, 0.5) is 4.39 Å². The number of hydrogen-bond acceptors (Lipinski definition) is 6. The molecule has 1 amide bonds. The van der Waals surface area contributed by atoms with Gasteiger partial charge in [0.25, 0.3) is 11.7 Å². The number of hydrogen-bond donors (Lipinski definition) is 1.